The van der Waals surface area contributed by atoms with Gasteiger partial charge in [0.25, 0.3) is 0 Å². The molecule has 3 aliphatic rings. The van der Waals surface area contributed by atoms with Crippen molar-refractivity contribution in [1.82, 2.24) is 0 Å². The van der Waals surface area contributed by atoms with Gasteiger partial charge in [-0.2, -0.15) is 0 Å². The lowest BCUT2D eigenvalue weighted by atomic mass is 9.44. The van der Waals surface area contributed by atoms with Crippen LogP contribution in [0.25, 0.3) is 0 Å². The van der Waals surface area contributed by atoms with Crippen LogP contribution < -0.4 is 0 Å². The SMILES string of the molecule is C[C@@]1(CO)C[C@H](O)C[C@@]2(C)[C@@H]3CC[C@](C)(C(O)CO)C=C3CC[C@H]12. The quantitative estimate of drug-likeness (QED) is 0.595. The van der Waals surface area contributed by atoms with Gasteiger partial charge in [0.1, 0.15) is 0 Å². The van der Waals surface area contributed by atoms with Gasteiger partial charge in [-0.25, -0.2) is 0 Å². The van der Waals surface area contributed by atoms with E-state index in [4.69, 9.17) is 0 Å². The summed E-state index contributed by atoms with van der Waals surface area (Å²) in [6.45, 7) is 6.41. The normalized spacial score (nSPS) is 49.8. The van der Waals surface area contributed by atoms with Crippen LogP contribution in [0, 0.1) is 28.1 Å². The van der Waals surface area contributed by atoms with Gasteiger partial charge < -0.3 is 20.4 Å². The van der Waals surface area contributed by atoms with E-state index in [1.165, 1.54) is 5.57 Å². The van der Waals surface area contributed by atoms with Crippen molar-refractivity contribution in [3.05, 3.63) is 11.6 Å². The molecule has 0 aliphatic heterocycles. The summed E-state index contributed by atoms with van der Waals surface area (Å²) in [6, 6.07) is 0. The number of aliphatic hydroxyl groups is 4. The summed E-state index contributed by atoms with van der Waals surface area (Å²) in [5.41, 5.74) is 0.843. The smallest absolute Gasteiger partial charge is 0.0858 e. The fourth-order valence-electron chi connectivity index (χ4n) is 6.46. The molecule has 4 nitrogen and oxygen atoms in total. The van der Waals surface area contributed by atoms with Crippen LogP contribution in [0.4, 0.5) is 0 Å². The van der Waals surface area contributed by atoms with Gasteiger partial charge in [-0.1, -0.05) is 32.4 Å². The van der Waals surface area contributed by atoms with Gasteiger partial charge in [0.15, 0.2) is 0 Å². The Hall–Kier alpha value is -0.420. The van der Waals surface area contributed by atoms with Crippen molar-refractivity contribution < 1.29 is 20.4 Å². The Morgan fingerprint density at radius 3 is 2.50 bits per heavy atom. The Balaban J connectivity index is 1.95. The number of aliphatic hydroxyl groups excluding tert-OH is 4. The summed E-state index contributed by atoms with van der Waals surface area (Å²) in [5.74, 6) is 0.837. The molecule has 0 bridgehead atoms. The predicted octanol–water partition coefficient (Wildman–Crippen LogP) is 2.25. The minimum Gasteiger partial charge on any atom is -0.396 e. The Labute approximate surface area is 145 Å². The third-order valence-electron chi connectivity index (χ3n) is 7.76. The number of allylic oxidation sites excluding steroid dienone is 1. The molecule has 138 valence electrons. The summed E-state index contributed by atoms with van der Waals surface area (Å²) in [4.78, 5) is 0. The molecule has 0 saturated heterocycles. The van der Waals surface area contributed by atoms with Crippen LogP contribution in [0.3, 0.4) is 0 Å². The van der Waals surface area contributed by atoms with E-state index in [1.54, 1.807) is 0 Å². The van der Waals surface area contributed by atoms with Crippen LogP contribution >= 0.6 is 0 Å². The molecule has 4 heteroatoms. The maximum atomic E-state index is 10.5. The molecule has 24 heavy (non-hydrogen) atoms. The first kappa shape index (κ1) is 18.4. The van der Waals surface area contributed by atoms with E-state index in [1.807, 2.05) is 6.92 Å². The van der Waals surface area contributed by atoms with Gasteiger partial charge in [-0.05, 0) is 61.2 Å². The molecular weight excluding hydrogens is 304 g/mol. The molecule has 1 unspecified atom stereocenters. The first-order valence-electron chi connectivity index (χ1n) is 9.48. The van der Waals surface area contributed by atoms with Crippen molar-refractivity contribution in [3.8, 4) is 0 Å². The fourth-order valence-corrected chi connectivity index (χ4v) is 6.46. The van der Waals surface area contributed by atoms with Crippen LogP contribution in [-0.4, -0.2) is 45.8 Å². The Kier molecular flexibility index (Phi) is 4.66. The molecule has 4 N–H and O–H groups in total. The monoisotopic (exact) mass is 338 g/mol. The first-order chi connectivity index (χ1) is 11.2. The zero-order chi connectivity index (χ0) is 17.8. The highest BCUT2D eigenvalue weighted by atomic mass is 16.3. The van der Waals surface area contributed by atoms with E-state index in [0.717, 1.165) is 32.1 Å². The molecule has 0 heterocycles. The van der Waals surface area contributed by atoms with Crippen molar-refractivity contribution in [2.75, 3.05) is 13.2 Å². The summed E-state index contributed by atoms with van der Waals surface area (Å²) in [5, 5.41) is 40.1. The molecule has 3 rings (SSSR count). The van der Waals surface area contributed by atoms with Gasteiger partial charge in [0, 0.05) is 12.0 Å². The van der Waals surface area contributed by atoms with Gasteiger partial charge in [-0.15, -0.1) is 0 Å². The van der Waals surface area contributed by atoms with Crippen molar-refractivity contribution in [3.63, 3.8) is 0 Å². The summed E-state index contributed by atoms with van der Waals surface area (Å²) < 4.78 is 0. The summed E-state index contributed by atoms with van der Waals surface area (Å²) >= 11 is 0. The molecule has 0 amide bonds. The number of rotatable bonds is 3. The Morgan fingerprint density at radius 2 is 1.88 bits per heavy atom. The van der Waals surface area contributed by atoms with Crippen LogP contribution in [0.15, 0.2) is 11.6 Å². The molecule has 0 aromatic rings. The Morgan fingerprint density at radius 1 is 1.17 bits per heavy atom. The Bertz CT molecular complexity index is 518. The van der Waals surface area contributed by atoms with Crippen molar-refractivity contribution >= 4 is 0 Å². The summed E-state index contributed by atoms with van der Waals surface area (Å²) in [6.07, 6.45) is 6.54. The zero-order valence-electron chi connectivity index (χ0n) is 15.3. The molecule has 0 spiro atoms. The number of hydrogen-bond acceptors (Lipinski definition) is 4. The molecule has 0 radical (unpaired) electrons. The minimum atomic E-state index is -0.712. The first-order valence-corrected chi connectivity index (χ1v) is 9.48. The van der Waals surface area contributed by atoms with E-state index in [0.29, 0.717) is 18.3 Å². The van der Waals surface area contributed by atoms with Gasteiger partial charge in [0.05, 0.1) is 18.8 Å². The topological polar surface area (TPSA) is 80.9 Å². The lowest BCUT2D eigenvalue weighted by Gasteiger charge is -2.61. The van der Waals surface area contributed by atoms with Crippen molar-refractivity contribution in [1.29, 1.82) is 0 Å². The lowest BCUT2D eigenvalue weighted by molar-refractivity contribution is -0.134. The summed E-state index contributed by atoms with van der Waals surface area (Å²) in [7, 11) is 0. The molecule has 0 aromatic carbocycles. The second-order valence-corrected chi connectivity index (χ2v) is 9.49. The second kappa shape index (κ2) is 6.08. The third kappa shape index (κ3) is 2.66. The maximum Gasteiger partial charge on any atom is 0.0858 e. The molecule has 3 aliphatic carbocycles. The van der Waals surface area contributed by atoms with Crippen LogP contribution in [-0.2, 0) is 0 Å². The highest BCUT2D eigenvalue weighted by Crippen LogP contribution is 2.63. The van der Waals surface area contributed by atoms with E-state index in [9.17, 15) is 20.4 Å². The van der Waals surface area contributed by atoms with E-state index in [2.05, 4.69) is 19.9 Å². The van der Waals surface area contributed by atoms with Crippen molar-refractivity contribution in [2.24, 2.45) is 28.1 Å². The molecule has 7 atom stereocenters. The highest BCUT2D eigenvalue weighted by Gasteiger charge is 2.57. The maximum absolute atomic E-state index is 10.5. The standard InChI is InChI=1S/C20H34O4/c1-18(17(24)11-21)7-6-15-13(8-18)4-5-16-19(2,12-22)9-14(23)10-20(15,16)3/h8,14-17,21-24H,4-7,9-12H2,1-3H3/t14-,15+,16+,17?,18-,19-,20-/m0/s1. The van der Waals surface area contributed by atoms with Crippen molar-refractivity contribution in [2.45, 2.75) is 71.5 Å². The minimum absolute atomic E-state index is 0.00469. The molecular formula is C20H34O4. The zero-order valence-corrected chi connectivity index (χ0v) is 15.3. The lowest BCUT2D eigenvalue weighted by Crippen LogP contribution is -2.56. The average molecular weight is 338 g/mol. The highest BCUT2D eigenvalue weighted by molar-refractivity contribution is 5.25. The van der Waals surface area contributed by atoms with Crippen LogP contribution in [0.2, 0.25) is 0 Å². The molecule has 2 saturated carbocycles. The second-order valence-electron chi connectivity index (χ2n) is 9.49. The van der Waals surface area contributed by atoms with E-state index < -0.39 is 6.10 Å². The molecule has 0 aromatic heterocycles. The third-order valence-corrected chi connectivity index (χ3v) is 7.76. The van der Waals surface area contributed by atoms with E-state index >= 15 is 0 Å². The van der Waals surface area contributed by atoms with Gasteiger partial charge >= 0.3 is 0 Å². The largest absolute Gasteiger partial charge is 0.396 e. The fraction of sp³-hybridized carbons (Fsp3) is 0.900. The van der Waals surface area contributed by atoms with E-state index in [-0.39, 0.29) is 35.6 Å². The van der Waals surface area contributed by atoms with Gasteiger partial charge in [0.2, 0.25) is 0 Å². The number of fused-ring (bicyclic) bond motifs is 3. The molecule has 2 fully saturated rings. The van der Waals surface area contributed by atoms with Crippen LogP contribution in [0.5, 0.6) is 0 Å². The number of hydrogen-bond donors (Lipinski definition) is 4. The van der Waals surface area contributed by atoms with Crippen LogP contribution in [0.1, 0.15) is 59.3 Å². The average Bonchev–Trinajstić information content (AvgIpc) is 2.52. The van der Waals surface area contributed by atoms with Gasteiger partial charge in [-0.3, -0.25) is 0 Å². The predicted molar refractivity (Wildman–Crippen MR) is 93.3 cm³/mol.